The van der Waals surface area contributed by atoms with Gasteiger partial charge in [0.2, 0.25) is 15.9 Å². The van der Waals surface area contributed by atoms with Crippen LogP contribution in [0, 0.1) is 0 Å². The molecule has 3 heterocycles. The molecule has 1 aliphatic rings. The number of rotatable bonds is 8. The quantitative estimate of drug-likeness (QED) is 0.482. The van der Waals surface area contributed by atoms with Gasteiger partial charge in [0.15, 0.2) is 11.0 Å². The SMILES string of the molecule is CCCc1noc(CSc2nc3cc(S(=O)(=O)N4CCCCC4)ccc3n2CC)n1. The van der Waals surface area contributed by atoms with Crippen LogP contribution in [0.4, 0.5) is 0 Å². The van der Waals surface area contributed by atoms with Crippen molar-refractivity contribution in [3.05, 3.63) is 29.9 Å². The molecule has 8 nitrogen and oxygen atoms in total. The molecule has 2 aromatic heterocycles. The van der Waals surface area contributed by atoms with E-state index in [1.165, 1.54) is 11.8 Å². The average molecular weight is 450 g/mol. The van der Waals surface area contributed by atoms with Crippen molar-refractivity contribution in [1.82, 2.24) is 24.0 Å². The molecule has 1 aromatic carbocycles. The number of nitrogens with zero attached hydrogens (tertiary/aromatic N) is 5. The van der Waals surface area contributed by atoms with Crippen molar-refractivity contribution in [2.75, 3.05) is 13.1 Å². The third-order valence-electron chi connectivity index (χ3n) is 5.26. The Labute approximate surface area is 181 Å². The summed E-state index contributed by atoms with van der Waals surface area (Å²) in [5, 5.41) is 4.80. The van der Waals surface area contributed by atoms with E-state index in [1.807, 2.05) is 6.07 Å². The summed E-state index contributed by atoms with van der Waals surface area (Å²) < 4.78 is 35.0. The van der Waals surface area contributed by atoms with Crippen molar-refractivity contribution in [1.29, 1.82) is 0 Å². The molecule has 0 amide bonds. The molecule has 0 saturated carbocycles. The zero-order chi connectivity index (χ0) is 21.1. The molecule has 0 unspecified atom stereocenters. The number of fused-ring (bicyclic) bond motifs is 1. The fourth-order valence-corrected chi connectivity index (χ4v) is 6.17. The Bertz CT molecular complexity index is 1120. The topological polar surface area (TPSA) is 94.1 Å². The van der Waals surface area contributed by atoms with Crippen LogP contribution in [0.5, 0.6) is 0 Å². The first-order valence-corrected chi connectivity index (χ1v) is 12.9. The first-order chi connectivity index (χ1) is 14.5. The lowest BCUT2D eigenvalue weighted by molar-refractivity contribution is 0.346. The lowest BCUT2D eigenvalue weighted by atomic mass is 10.2. The number of imidazole rings is 1. The second-order valence-electron chi connectivity index (χ2n) is 7.40. The van der Waals surface area contributed by atoms with E-state index in [0.717, 1.165) is 55.1 Å². The summed E-state index contributed by atoms with van der Waals surface area (Å²) in [6.07, 6.45) is 4.70. The number of aromatic nitrogens is 4. The molecule has 0 N–H and O–H groups in total. The summed E-state index contributed by atoms with van der Waals surface area (Å²) in [6.45, 7) is 6.05. The molecule has 0 atom stereocenters. The largest absolute Gasteiger partial charge is 0.338 e. The summed E-state index contributed by atoms with van der Waals surface area (Å²) in [5.74, 6) is 1.83. The fraction of sp³-hybridized carbons (Fsp3) is 0.550. The maximum atomic E-state index is 13.0. The minimum absolute atomic E-state index is 0.315. The van der Waals surface area contributed by atoms with Gasteiger partial charge in [0.25, 0.3) is 0 Å². The van der Waals surface area contributed by atoms with Crippen LogP contribution in [0.15, 0.2) is 32.8 Å². The minimum Gasteiger partial charge on any atom is -0.338 e. The van der Waals surface area contributed by atoms with Gasteiger partial charge in [-0.15, -0.1) is 0 Å². The molecule has 162 valence electrons. The molecule has 0 radical (unpaired) electrons. The van der Waals surface area contributed by atoms with Crippen LogP contribution in [-0.2, 0) is 28.7 Å². The molecule has 0 bridgehead atoms. The van der Waals surface area contributed by atoms with Gasteiger partial charge in [-0.2, -0.15) is 9.29 Å². The lowest BCUT2D eigenvalue weighted by Crippen LogP contribution is -2.35. The summed E-state index contributed by atoms with van der Waals surface area (Å²) in [6, 6.07) is 5.25. The molecular formula is C20H27N5O3S2. The van der Waals surface area contributed by atoms with E-state index >= 15 is 0 Å². The molecule has 0 aliphatic carbocycles. The van der Waals surface area contributed by atoms with Crippen LogP contribution in [0.2, 0.25) is 0 Å². The van der Waals surface area contributed by atoms with Crippen LogP contribution in [0.25, 0.3) is 11.0 Å². The standard InChI is InChI=1S/C20H27N5O3S2/c1-3-8-18-22-19(28-23-18)14-29-20-21-16-13-15(9-10-17(16)25(20)4-2)30(26,27)24-11-6-5-7-12-24/h9-10,13H,3-8,11-12,14H2,1-2H3. The summed E-state index contributed by atoms with van der Waals surface area (Å²) in [4.78, 5) is 9.43. The van der Waals surface area contributed by atoms with Crippen molar-refractivity contribution >= 4 is 32.8 Å². The lowest BCUT2D eigenvalue weighted by Gasteiger charge is -2.25. The normalized spacial score (nSPS) is 15.8. The smallest absolute Gasteiger partial charge is 0.243 e. The molecular weight excluding hydrogens is 422 g/mol. The molecule has 4 rings (SSSR count). The predicted octanol–water partition coefficient (Wildman–Crippen LogP) is 3.86. The number of hydrogen-bond acceptors (Lipinski definition) is 7. The Morgan fingerprint density at radius 2 is 1.93 bits per heavy atom. The van der Waals surface area contributed by atoms with Crippen molar-refractivity contribution < 1.29 is 12.9 Å². The van der Waals surface area contributed by atoms with E-state index in [1.54, 1.807) is 16.4 Å². The first-order valence-electron chi connectivity index (χ1n) is 10.5. The van der Waals surface area contributed by atoms with Crippen LogP contribution in [0.3, 0.4) is 0 Å². The first kappa shape index (κ1) is 21.3. The zero-order valence-corrected chi connectivity index (χ0v) is 19.0. The highest BCUT2D eigenvalue weighted by Crippen LogP contribution is 2.29. The van der Waals surface area contributed by atoms with Gasteiger partial charge in [0.1, 0.15) is 0 Å². The summed E-state index contributed by atoms with van der Waals surface area (Å²) in [7, 11) is -3.48. The Balaban J connectivity index is 1.58. The maximum Gasteiger partial charge on any atom is 0.243 e. The highest BCUT2D eigenvalue weighted by molar-refractivity contribution is 7.98. The van der Waals surface area contributed by atoms with Gasteiger partial charge in [0.05, 0.1) is 21.7 Å². The van der Waals surface area contributed by atoms with E-state index < -0.39 is 10.0 Å². The second-order valence-corrected chi connectivity index (χ2v) is 10.3. The monoisotopic (exact) mass is 449 g/mol. The van der Waals surface area contributed by atoms with Crippen LogP contribution in [0.1, 0.15) is 51.2 Å². The van der Waals surface area contributed by atoms with Gasteiger partial charge in [-0.3, -0.25) is 0 Å². The summed E-state index contributed by atoms with van der Waals surface area (Å²) in [5.41, 5.74) is 1.62. The van der Waals surface area contributed by atoms with Crippen molar-refractivity contribution in [2.45, 2.75) is 68.3 Å². The Hall–Kier alpha value is -1.91. The number of piperidine rings is 1. The number of benzene rings is 1. The van der Waals surface area contributed by atoms with E-state index in [-0.39, 0.29) is 0 Å². The van der Waals surface area contributed by atoms with E-state index in [2.05, 4.69) is 28.6 Å². The third-order valence-corrected chi connectivity index (χ3v) is 8.12. The third kappa shape index (κ3) is 4.26. The number of sulfonamides is 1. The highest BCUT2D eigenvalue weighted by Gasteiger charge is 2.26. The van der Waals surface area contributed by atoms with E-state index in [0.29, 0.717) is 35.1 Å². The Morgan fingerprint density at radius 1 is 1.13 bits per heavy atom. The van der Waals surface area contributed by atoms with Gasteiger partial charge in [0, 0.05) is 26.1 Å². The zero-order valence-electron chi connectivity index (χ0n) is 17.4. The van der Waals surface area contributed by atoms with E-state index in [9.17, 15) is 8.42 Å². The van der Waals surface area contributed by atoms with Crippen LogP contribution in [-0.4, -0.2) is 45.5 Å². The van der Waals surface area contributed by atoms with Gasteiger partial charge in [-0.25, -0.2) is 13.4 Å². The van der Waals surface area contributed by atoms with Crippen LogP contribution >= 0.6 is 11.8 Å². The number of hydrogen-bond donors (Lipinski definition) is 0. The molecule has 1 aliphatic heterocycles. The Kier molecular flexibility index (Phi) is 6.45. The highest BCUT2D eigenvalue weighted by atomic mass is 32.2. The molecule has 1 saturated heterocycles. The second kappa shape index (κ2) is 9.07. The number of aryl methyl sites for hydroxylation is 2. The molecule has 10 heteroatoms. The van der Waals surface area contributed by atoms with Crippen molar-refractivity contribution in [2.24, 2.45) is 0 Å². The fourth-order valence-electron chi connectivity index (χ4n) is 3.72. The average Bonchev–Trinajstić information content (AvgIpc) is 3.36. The minimum atomic E-state index is -3.48. The summed E-state index contributed by atoms with van der Waals surface area (Å²) >= 11 is 1.52. The maximum absolute atomic E-state index is 13.0. The Morgan fingerprint density at radius 3 is 2.67 bits per heavy atom. The van der Waals surface area contributed by atoms with E-state index in [4.69, 9.17) is 9.51 Å². The van der Waals surface area contributed by atoms with Gasteiger partial charge >= 0.3 is 0 Å². The van der Waals surface area contributed by atoms with Gasteiger partial charge in [-0.1, -0.05) is 30.3 Å². The van der Waals surface area contributed by atoms with Crippen LogP contribution < -0.4 is 0 Å². The molecule has 1 fully saturated rings. The van der Waals surface area contributed by atoms with Gasteiger partial charge in [-0.05, 0) is 44.4 Å². The molecule has 0 spiro atoms. The number of thioether (sulfide) groups is 1. The molecule has 30 heavy (non-hydrogen) atoms. The predicted molar refractivity (Wildman–Crippen MR) is 116 cm³/mol. The molecule has 3 aromatic rings. The van der Waals surface area contributed by atoms with Gasteiger partial charge < -0.3 is 9.09 Å². The van der Waals surface area contributed by atoms with Crippen molar-refractivity contribution in [3.8, 4) is 0 Å². The van der Waals surface area contributed by atoms with Crippen molar-refractivity contribution in [3.63, 3.8) is 0 Å².